The van der Waals surface area contributed by atoms with Gasteiger partial charge in [0.2, 0.25) is 0 Å². The number of hydrogen-bond acceptors (Lipinski definition) is 0. The van der Waals surface area contributed by atoms with Crippen LogP contribution >= 0.6 is 15.8 Å². The second kappa shape index (κ2) is 22.8. The van der Waals surface area contributed by atoms with Gasteiger partial charge in [-0.25, -0.2) is 25.0 Å². The summed E-state index contributed by atoms with van der Waals surface area (Å²) in [7, 11) is -1.13. The summed E-state index contributed by atoms with van der Waals surface area (Å²) in [5.74, 6) is 2.98. The van der Waals surface area contributed by atoms with Gasteiger partial charge in [0.15, 0.2) is 0 Å². The Morgan fingerprint density at radius 3 is 1.35 bits per heavy atom. The predicted octanol–water partition coefficient (Wildman–Crippen LogP) is 12.0. The van der Waals surface area contributed by atoms with Crippen molar-refractivity contribution in [3.05, 3.63) is 145 Å². The fourth-order valence-corrected chi connectivity index (χ4v) is 12.9. The summed E-state index contributed by atoms with van der Waals surface area (Å²) in [5, 5.41) is 8.00. The standard InChI is InChI=1S/C22H29P.C21H28NP.2Cu/c1-17(2)15-23(16-18(3)4)22-13-9-8-12-21(22)14-20-11-7-6-10-19(20)5;1-16(2)14-23(15-17(3)4)21-13-9-8-12-20(21)22-19-11-7-6-10-18(19)5;;/h6-14,17-18H,5,15-16H2,1-4H3;6-13,16-17H,5,14-15H2,1-4H3;;/q2*-2;;+1/p+2. The van der Waals surface area contributed by atoms with Crippen LogP contribution in [0.5, 0.6) is 0 Å². The van der Waals surface area contributed by atoms with Crippen LogP contribution in [0, 0.1) is 43.9 Å². The first-order valence-electron chi connectivity index (χ1n) is 17.2. The minimum absolute atomic E-state index is 0. The molecular weight excluding hydrogens is 720 g/mol. The van der Waals surface area contributed by atoms with Gasteiger partial charge in [0.25, 0.3) is 0 Å². The van der Waals surface area contributed by atoms with Crippen LogP contribution in [0.3, 0.4) is 0 Å². The third-order valence-electron chi connectivity index (χ3n) is 7.84. The van der Waals surface area contributed by atoms with Crippen molar-refractivity contribution in [3.63, 3.8) is 0 Å². The van der Waals surface area contributed by atoms with Crippen molar-refractivity contribution in [2.45, 2.75) is 55.4 Å². The Labute approximate surface area is 318 Å². The van der Waals surface area contributed by atoms with E-state index in [0.717, 1.165) is 46.2 Å². The Morgan fingerprint density at radius 2 is 0.875 bits per heavy atom. The van der Waals surface area contributed by atoms with Crippen molar-refractivity contribution in [2.24, 2.45) is 23.7 Å². The third-order valence-corrected chi connectivity index (χ3v) is 15.5. The van der Waals surface area contributed by atoms with Crippen LogP contribution in [0.25, 0.3) is 5.32 Å². The Bertz CT molecular complexity index is 1340. The summed E-state index contributed by atoms with van der Waals surface area (Å²) in [4.78, 5) is 0. The molecule has 4 aromatic carbocycles. The van der Waals surface area contributed by atoms with Crippen LogP contribution < -0.4 is 10.6 Å². The summed E-state index contributed by atoms with van der Waals surface area (Å²) >= 11 is 0. The minimum Gasteiger partial charge on any atom is -0.712 e. The molecule has 1 radical (unpaired) electrons. The Hall–Kier alpha value is -1.81. The number of para-hydroxylation sites is 2. The van der Waals surface area contributed by atoms with Gasteiger partial charge in [0.1, 0.15) is 0 Å². The first kappa shape index (κ1) is 44.2. The van der Waals surface area contributed by atoms with Crippen molar-refractivity contribution in [1.82, 2.24) is 0 Å². The molecule has 0 heterocycles. The predicted molar refractivity (Wildman–Crippen MR) is 215 cm³/mol. The van der Waals surface area contributed by atoms with Gasteiger partial charge in [-0.05, 0) is 29.7 Å². The third kappa shape index (κ3) is 15.0. The summed E-state index contributed by atoms with van der Waals surface area (Å²) < 4.78 is 0. The van der Waals surface area contributed by atoms with E-state index in [0.29, 0.717) is 0 Å². The molecular formula is C43H59Cu2NP2-. The van der Waals surface area contributed by atoms with Crippen molar-refractivity contribution >= 4 is 37.8 Å². The van der Waals surface area contributed by atoms with Crippen LogP contribution in [0.15, 0.2) is 97.1 Å². The van der Waals surface area contributed by atoms with Crippen LogP contribution in [-0.2, 0) is 34.1 Å². The molecule has 0 aromatic heterocycles. The van der Waals surface area contributed by atoms with E-state index in [1.165, 1.54) is 41.1 Å². The first-order chi connectivity index (χ1) is 21.9. The molecule has 0 N–H and O–H groups in total. The molecule has 0 saturated heterocycles. The molecule has 0 saturated carbocycles. The van der Waals surface area contributed by atoms with Gasteiger partial charge in [-0.1, -0.05) is 103 Å². The maximum atomic E-state index is 4.94. The Balaban J connectivity index is 0.000000461. The number of nitrogens with zero attached hydrogens (tertiary/aromatic N) is 1. The molecule has 4 aromatic rings. The normalized spacial score (nSPS) is 11.0. The molecule has 0 atom stereocenters. The second-order valence-electron chi connectivity index (χ2n) is 14.3. The molecule has 0 spiro atoms. The number of hydrogen-bond donors (Lipinski definition) is 0. The van der Waals surface area contributed by atoms with E-state index in [-0.39, 0.29) is 34.1 Å². The van der Waals surface area contributed by atoms with Gasteiger partial charge in [0.05, 0.1) is 30.0 Å². The molecule has 0 aliphatic rings. The Morgan fingerprint density at radius 1 is 0.500 bits per heavy atom. The fourth-order valence-electron chi connectivity index (χ4n) is 5.98. The molecule has 1 nitrogen and oxygen atoms in total. The molecule has 5 heteroatoms. The van der Waals surface area contributed by atoms with Crippen LogP contribution in [0.4, 0.5) is 11.4 Å². The van der Waals surface area contributed by atoms with E-state index >= 15 is 0 Å². The van der Waals surface area contributed by atoms with Gasteiger partial charge in [-0.2, -0.15) is 24.6 Å². The van der Waals surface area contributed by atoms with Gasteiger partial charge in [0, 0.05) is 38.2 Å². The molecule has 0 amide bonds. The van der Waals surface area contributed by atoms with E-state index < -0.39 is 15.8 Å². The molecule has 48 heavy (non-hydrogen) atoms. The van der Waals surface area contributed by atoms with E-state index in [9.17, 15) is 0 Å². The zero-order chi connectivity index (χ0) is 33.6. The summed E-state index contributed by atoms with van der Waals surface area (Å²) in [6, 6.07) is 34.2. The van der Waals surface area contributed by atoms with Crippen LogP contribution in [0.2, 0.25) is 0 Å². The van der Waals surface area contributed by atoms with E-state index in [1.54, 1.807) is 5.30 Å². The van der Waals surface area contributed by atoms with Gasteiger partial charge in [-0.15, -0.1) is 36.0 Å². The largest absolute Gasteiger partial charge is 1.00 e. The molecule has 269 valence electrons. The molecule has 0 bridgehead atoms. The van der Waals surface area contributed by atoms with Crippen molar-refractivity contribution in [2.75, 3.05) is 24.6 Å². The maximum Gasteiger partial charge on any atom is 1.00 e. The molecule has 0 unspecified atom stereocenters. The maximum absolute atomic E-state index is 4.94. The Kier molecular flexibility index (Phi) is 21.0. The quantitative estimate of drug-likeness (QED) is 0.0688. The van der Waals surface area contributed by atoms with Crippen molar-refractivity contribution in [3.8, 4) is 0 Å². The van der Waals surface area contributed by atoms with E-state index in [2.05, 4.69) is 155 Å². The fraction of sp³-hybridized carbons (Fsp3) is 0.372. The molecule has 0 fully saturated rings. The van der Waals surface area contributed by atoms with Crippen molar-refractivity contribution in [1.29, 1.82) is 0 Å². The minimum atomic E-state index is -0.597. The number of benzene rings is 4. The van der Waals surface area contributed by atoms with E-state index in [1.807, 2.05) is 18.2 Å². The summed E-state index contributed by atoms with van der Waals surface area (Å²) in [6.45, 7) is 27.0. The van der Waals surface area contributed by atoms with Crippen LogP contribution in [-0.4, -0.2) is 24.6 Å². The SMILES string of the molecule is [CH2-]c1ccccc1[CH-]c1ccccc1[PH+](CC(C)C)CC(C)C.[CH2-]c1ccccc1[N-]c1ccccc1[PH+](CC(C)C)CC(C)C.[Cu+].[Cu]. The second-order valence-corrected chi connectivity index (χ2v) is 19.4. The smallest absolute Gasteiger partial charge is 0.712 e. The molecule has 0 aliphatic carbocycles. The van der Waals surface area contributed by atoms with Gasteiger partial charge >= 0.3 is 17.1 Å². The molecule has 4 rings (SSSR count). The average molecular weight is 779 g/mol. The number of rotatable bonds is 14. The first-order valence-corrected chi connectivity index (χ1v) is 21.0. The monoisotopic (exact) mass is 777 g/mol. The molecule has 0 aliphatic heterocycles. The summed E-state index contributed by atoms with van der Waals surface area (Å²) in [6.07, 6.45) is 7.63. The van der Waals surface area contributed by atoms with Gasteiger partial charge in [-0.3, -0.25) is 11.3 Å². The van der Waals surface area contributed by atoms with E-state index in [4.69, 9.17) is 5.32 Å². The zero-order valence-electron chi connectivity index (χ0n) is 30.4. The summed E-state index contributed by atoms with van der Waals surface area (Å²) in [5.41, 5.74) is 6.83. The van der Waals surface area contributed by atoms with Crippen molar-refractivity contribution < 1.29 is 34.1 Å². The van der Waals surface area contributed by atoms with Gasteiger partial charge < -0.3 is 5.32 Å². The topological polar surface area (TPSA) is 14.1 Å². The van der Waals surface area contributed by atoms with Crippen LogP contribution in [0.1, 0.15) is 77.6 Å². The average Bonchev–Trinajstić information content (AvgIpc) is 2.99. The zero-order valence-corrected chi connectivity index (χ0v) is 34.3.